The number of ether oxygens (including phenoxy) is 5. The lowest BCUT2D eigenvalue weighted by molar-refractivity contribution is -0.545. The number of hydrogen-bond donors (Lipinski definition) is 0. The lowest BCUT2D eigenvalue weighted by atomic mass is 10.2. The predicted octanol–water partition coefficient (Wildman–Crippen LogP) is 0.582. The van der Waals surface area contributed by atoms with E-state index >= 15 is 0 Å². The molecule has 1 aliphatic carbocycles. The zero-order valence-corrected chi connectivity index (χ0v) is 8.71. The lowest BCUT2D eigenvalue weighted by Gasteiger charge is -2.40. The van der Waals surface area contributed by atoms with Gasteiger partial charge < -0.3 is 4.74 Å². The van der Waals surface area contributed by atoms with Gasteiger partial charge in [0.25, 0.3) is 0 Å². The second-order valence-corrected chi connectivity index (χ2v) is 4.79. The second kappa shape index (κ2) is 2.55. The average molecular weight is 214 g/mol. The predicted molar refractivity (Wildman–Crippen MR) is 46.6 cm³/mol. The van der Waals surface area contributed by atoms with Crippen molar-refractivity contribution in [3.05, 3.63) is 0 Å². The van der Waals surface area contributed by atoms with E-state index in [2.05, 4.69) is 0 Å². The molecule has 0 N–H and O–H groups in total. The Morgan fingerprint density at radius 1 is 1.00 bits per heavy atom. The van der Waals surface area contributed by atoms with Crippen molar-refractivity contribution in [1.29, 1.82) is 0 Å². The van der Waals surface area contributed by atoms with Crippen molar-refractivity contribution in [2.75, 3.05) is 0 Å². The van der Waals surface area contributed by atoms with E-state index in [1.54, 1.807) is 0 Å². The molecule has 3 heterocycles. The van der Waals surface area contributed by atoms with Gasteiger partial charge in [0.05, 0.1) is 18.3 Å². The van der Waals surface area contributed by atoms with E-state index in [0.717, 1.165) is 6.42 Å². The minimum atomic E-state index is -1.30. The molecule has 5 heteroatoms. The highest BCUT2D eigenvalue weighted by Crippen LogP contribution is 2.51. The molecule has 0 bridgehead atoms. The van der Waals surface area contributed by atoms with Crippen molar-refractivity contribution >= 4 is 0 Å². The van der Waals surface area contributed by atoms with Crippen LogP contribution in [0.4, 0.5) is 0 Å². The van der Waals surface area contributed by atoms with Crippen LogP contribution in [0.1, 0.15) is 20.3 Å². The van der Waals surface area contributed by atoms with Crippen LogP contribution in [0.15, 0.2) is 0 Å². The normalized spacial score (nSPS) is 66.0. The van der Waals surface area contributed by atoms with Gasteiger partial charge in [-0.3, -0.25) is 18.9 Å². The molecule has 3 saturated heterocycles. The molecule has 5 nitrogen and oxygen atoms in total. The molecule has 0 aromatic heterocycles. The van der Waals surface area contributed by atoms with Crippen molar-refractivity contribution < 1.29 is 23.7 Å². The molecule has 4 aliphatic rings. The van der Waals surface area contributed by atoms with Crippen molar-refractivity contribution in [2.45, 2.75) is 57.1 Å². The SMILES string of the molecule is CC1OC2(OC(C)C3OC3O2)OC2CC12. The first kappa shape index (κ1) is 8.90. The largest absolute Gasteiger partial charge is 0.415 e. The average Bonchev–Trinajstić information content (AvgIpc) is 2.96. The Morgan fingerprint density at radius 2 is 1.80 bits per heavy atom. The van der Waals surface area contributed by atoms with E-state index in [4.69, 9.17) is 23.7 Å². The summed E-state index contributed by atoms with van der Waals surface area (Å²) in [5, 5.41) is 0. The van der Waals surface area contributed by atoms with Crippen molar-refractivity contribution in [3.63, 3.8) is 0 Å². The van der Waals surface area contributed by atoms with Crippen LogP contribution in [0, 0.1) is 5.92 Å². The van der Waals surface area contributed by atoms with Crippen LogP contribution >= 0.6 is 0 Å². The van der Waals surface area contributed by atoms with E-state index in [0.29, 0.717) is 5.92 Å². The molecule has 7 unspecified atom stereocenters. The highest BCUT2D eigenvalue weighted by atomic mass is 17.1. The van der Waals surface area contributed by atoms with Gasteiger partial charge in [-0.05, 0) is 20.3 Å². The summed E-state index contributed by atoms with van der Waals surface area (Å²) >= 11 is 0. The molecule has 15 heavy (non-hydrogen) atoms. The zero-order chi connectivity index (χ0) is 10.2. The molecule has 1 saturated carbocycles. The van der Waals surface area contributed by atoms with E-state index in [9.17, 15) is 0 Å². The molecular formula is C10H14O5. The number of hydrogen-bond acceptors (Lipinski definition) is 5. The van der Waals surface area contributed by atoms with Gasteiger partial charge in [0, 0.05) is 5.92 Å². The van der Waals surface area contributed by atoms with E-state index in [-0.39, 0.29) is 30.7 Å². The van der Waals surface area contributed by atoms with Gasteiger partial charge in [-0.15, -0.1) is 0 Å². The van der Waals surface area contributed by atoms with Crippen LogP contribution in [0.2, 0.25) is 0 Å². The van der Waals surface area contributed by atoms with Gasteiger partial charge >= 0.3 is 6.16 Å². The fourth-order valence-electron chi connectivity index (χ4n) is 2.46. The summed E-state index contributed by atoms with van der Waals surface area (Å²) in [5.41, 5.74) is 0. The minimum Gasteiger partial charge on any atom is -0.338 e. The Balaban J connectivity index is 1.58. The first-order valence-electron chi connectivity index (χ1n) is 5.54. The topological polar surface area (TPSA) is 49.5 Å². The number of fused-ring (bicyclic) bond motifs is 2. The molecular weight excluding hydrogens is 200 g/mol. The molecule has 4 rings (SSSR count). The van der Waals surface area contributed by atoms with Crippen LogP contribution in [0.5, 0.6) is 0 Å². The molecule has 3 aliphatic heterocycles. The van der Waals surface area contributed by atoms with Crippen LogP contribution in [0.25, 0.3) is 0 Å². The Labute approximate surface area is 87.6 Å². The highest BCUT2D eigenvalue weighted by Gasteiger charge is 2.65. The first-order chi connectivity index (χ1) is 7.17. The van der Waals surface area contributed by atoms with Gasteiger partial charge in [0.1, 0.15) is 6.10 Å². The summed E-state index contributed by atoms with van der Waals surface area (Å²) in [6.45, 7) is 3.98. The Kier molecular flexibility index (Phi) is 1.51. The summed E-state index contributed by atoms with van der Waals surface area (Å²) in [6, 6.07) is 0. The monoisotopic (exact) mass is 214 g/mol. The molecule has 0 radical (unpaired) electrons. The maximum atomic E-state index is 5.69. The van der Waals surface area contributed by atoms with Gasteiger partial charge in [-0.2, -0.15) is 0 Å². The standard InChI is InChI=1S/C10H14O5/c1-4-6-3-7(6)14-10(12-4)13-5(2)8-9(11-8)15-10/h4-9H,3H2,1-2H3. The summed E-state index contributed by atoms with van der Waals surface area (Å²) in [5.74, 6) is 0.510. The van der Waals surface area contributed by atoms with Gasteiger partial charge in [-0.1, -0.05) is 0 Å². The molecule has 0 aromatic rings. The van der Waals surface area contributed by atoms with Crippen LogP contribution in [-0.4, -0.2) is 36.9 Å². The van der Waals surface area contributed by atoms with E-state index in [1.165, 1.54) is 0 Å². The quantitative estimate of drug-likeness (QED) is 0.552. The summed E-state index contributed by atoms with van der Waals surface area (Å²) < 4.78 is 27.8. The Morgan fingerprint density at radius 3 is 2.53 bits per heavy atom. The lowest BCUT2D eigenvalue weighted by Crippen LogP contribution is -2.54. The summed E-state index contributed by atoms with van der Waals surface area (Å²) in [6.07, 6.45) is -0.0901. The van der Waals surface area contributed by atoms with Crippen molar-refractivity contribution in [2.24, 2.45) is 5.92 Å². The van der Waals surface area contributed by atoms with E-state index in [1.807, 2.05) is 13.8 Å². The number of rotatable bonds is 0. The molecule has 0 amide bonds. The van der Waals surface area contributed by atoms with Gasteiger partial charge in [0.2, 0.25) is 0 Å². The molecule has 1 spiro atoms. The summed E-state index contributed by atoms with van der Waals surface area (Å²) in [4.78, 5) is 0. The smallest absolute Gasteiger partial charge is 0.338 e. The molecule has 0 aromatic carbocycles. The maximum Gasteiger partial charge on any atom is 0.415 e. The van der Waals surface area contributed by atoms with Crippen molar-refractivity contribution in [3.8, 4) is 0 Å². The third kappa shape index (κ3) is 1.21. The van der Waals surface area contributed by atoms with Gasteiger partial charge in [-0.25, -0.2) is 0 Å². The number of epoxide rings is 1. The van der Waals surface area contributed by atoms with Crippen molar-refractivity contribution in [1.82, 2.24) is 0 Å². The third-order valence-electron chi connectivity index (χ3n) is 3.54. The first-order valence-corrected chi connectivity index (χ1v) is 5.54. The zero-order valence-electron chi connectivity index (χ0n) is 8.71. The third-order valence-corrected chi connectivity index (χ3v) is 3.54. The van der Waals surface area contributed by atoms with Crippen LogP contribution < -0.4 is 0 Å². The van der Waals surface area contributed by atoms with Crippen LogP contribution in [-0.2, 0) is 23.7 Å². The molecule has 4 fully saturated rings. The van der Waals surface area contributed by atoms with Crippen LogP contribution in [0.3, 0.4) is 0 Å². The van der Waals surface area contributed by atoms with E-state index < -0.39 is 6.16 Å². The highest BCUT2D eigenvalue weighted by molar-refractivity contribution is 4.97. The fourth-order valence-corrected chi connectivity index (χ4v) is 2.46. The molecule has 7 atom stereocenters. The molecule has 84 valence electrons. The van der Waals surface area contributed by atoms with Gasteiger partial charge in [0.15, 0.2) is 6.29 Å². The second-order valence-electron chi connectivity index (χ2n) is 4.79. The summed E-state index contributed by atoms with van der Waals surface area (Å²) in [7, 11) is 0. The Hall–Kier alpha value is -0.200. The maximum absolute atomic E-state index is 5.69. The fraction of sp³-hybridized carbons (Fsp3) is 1.00. The minimum absolute atomic E-state index is 0.0359. The Bertz CT molecular complexity index is 276.